The van der Waals surface area contributed by atoms with Gasteiger partial charge in [-0.15, -0.1) is 0 Å². The van der Waals surface area contributed by atoms with E-state index in [9.17, 15) is 4.79 Å². The summed E-state index contributed by atoms with van der Waals surface area (Å²) in [6.07, 6.45) is 9.15. The van der Waals surface area contributed by atoms with Crippen LogP contribution in [0.4, 0.5) is 4.79 Å². The minimum Gasteiger partial charge on any atom is -0.477 e. The van der Waals surface area contributed by atoms with Gasteiger partial charge in [0.1, 0.15) is 0 Å². The second-order valence-corrected chi connectivity index (χ2v) is 10.0. The van der Waals surface area contributed by atoms with Gasteiger partial charge in [0, 0.05) is 43.4 Å². The maximum Gasteiger partial charge on any atom is 0.277 e. The molecule has 3 aliphatic rings. The first-order valence-corrected chi connectivity index (χ1v) is 11.8. The molecule has 0 spiro atoms. The fraction of sp³-hybridized carbons (Fsp3) is 0.667. The number of piperidine rings is 1. The third-order valence-electron chi connectivity index (χ3n) is 5.88. The summed E-state index contributed by atoms with van der Waals surface area (Å²) in [6.45, 7) is 3.19. The minimum atomic E-state index is -0.323. The number of amides is 1. The largest absolute Gasteiger partial charge is 0.477 e. The summed E-state index contributed by atoms with van der Waals surface area (Å²) in [7, 11) is -0.323. The van der Waals surface area contributed by atoms with Crippen molar-refractivity contribution in [1.29, 1.82) is 0 Å². The molecule has 1 aromatic rings. The molecular weight excluding hydrogens is 374 g/mol. The molecule has 4 rings (SSSR count). The summed E-state index contributed by atoms with van der Waals surface area (Å²) in [5, 5.41) is 15.6. The van der Waals surface area contributed by atoms with E-state index in [-0.39, 0.29) is 17.1 Å². The van der Waals surface area contributed by atoms with Gasteiger partial charge in [0.05, 0.1) is 12.0 Å². The van der Waals surface area contributed by atoms with Gasteiger partial charge in [-0.1, -0.05) is 10.5 Å². The number of carbonyl (C=O) groups excluding carboxylic acids is 1. The van der Waals surface area contributed by atoms with Crippen LogP contribution in [0.5, 0.6) is 5.88 Å². The number of aliphatic hydroxyl groups excluding tert-OH is 1. The molecule has 0 aromatic carbocycles. The molecule has 154 valence electrons. The van der Waals surface area contributed by atoms with Gasteiger partial charge in [-0.25, -0.2) is 4.98 Å². The lowest BCUT2D eigenvalue weighted by Crippen LogP contribution is -2.47. The van der Waals surface area contributed by atoms with Crippen molar-refractivity contribution in [2.45, 2.75) is 75.9 Å². The zero-order valence-electron chi connectivity index (χ0n) is 16.6. The zero-order chi connectivity index (χ0) is 19.5. The quantitative estimate of drug-likeness (QED) is 0.538. The molecule has 0 radical (unpaired) electrons. The maximum atomic E-state index is 13.5. The van der Waals surface area contributed by atoms with Crippen molar-refractivity contribution in [2.75, 3.05) is 13.2 Å². The van der Waals surface area contributed by atoms with Gasteiger partial charge in [0.2, 0.25) is 5.88 Å². The van der Waals surface area contributed by atoms with Crippen LogP contribution in [0.25, 0.3) is 0 Å². The number of nitrogens with one attached hydrogen (secondary N) is 1. The van der Waals surface area contributed by atoms with Crippen molar-refractivity contribution in [3.63, 3.8) is 0 Å². The summed E-state index contributed by atoms with van der Waals surface area (Å²) in [4.78, 5) is 19.9. The van der Waals surface area contributed by atoms with E-state index in [2.05, 4.69) is 20.6 Å². The second kappa shape index (κ2) is 8.93. The number of pyridine rings is 1. The number of aromatic nitrogens is 1. The molecule has 1 aliphatic carbocycles. The first-order chi connectivity index (χ1) is 13.7. The van der Waals surface area contributed by atoms with Gasteiger partial charge in [-0.2, -0.15) is 0 Å². The van der Waals surface area contributed by atoms with Crippen LogP contribution in [-0.4, -0.2) is 56.3 Å². The summed E-state index contributed by atoms with van der Waals surface area (Å²) >= 11 is 0. The van der Waals surface area contributed by atoms with Crippen LogP contribution < -0.4 is 10.1 Å². The predicted octanol–water partition coefficient (Wildman–Crippen LogP) is 3.18. The van der Waals surface area contributed by atoms with Crippen LogP contribution in [0.3, 0.4) is 0 Å². The molecule has 1 saturated carbocycles. The Bertz CT molecular complexity index is 750. The topological polar surface area (TPSA) is 74.7 Å². The molecule has 3 unspecified atom stereocenters. The molecule has 2 bridgehead atoms. The standard InChI is InChI=1S/C21H31N3O3S/c1-15-16(8-10-22-20(15)27-12-3-11-25)14-24(18-6-7-18)21(26)28-13-9-17-4-2-5-19(28)23-17/h8,10,13,17-19,23,25H,2-7,9,11-12,14H2,1H3. The molecule has 1 saturated heterocycles. The Morgan fingerprint density at radius 3 is 3.04 bits per heavy atom. The van der Waals surface area contributed by atoms with E-state index < -0.39 is 0 Å². The Labute approximate surface area is 169 Å². The van der Waals surface area contributed by atoms with E-state index in [1.165, 1.54) is 12.8 Å². The van der Waals surface area contributed by atoms with Gasteiger partial charge in [-0.3, -0.25) is 4.79 Å². The highest BCUT2D eigenvalue weighted by Gasteiger charge is 2.38. The Kier molecular flexibility index (Phi) is 6.33. The second-order valence-electron chi connectivity index (χ2n) is 8.01. The van der Waals surface area contributed by atoms with Crippen molar-refractivity contribution < 1.29 is 14.6 Å². The fourth-order valence-corrected chi connectivity index (χ4v) is 6.35. The highest BCUT2D eigenvalue weighted by molar-refractivity contribution is 8.28. The predicted molar refractivity (Wildman–Crippen MR) is 113 cm³/mol. The van der Waals surface area contributed by atoms with Crippen LogP contribution in [0, 0.1) is 6.92 Å². The third-order valence-corrected chi connectivity index (χ3v) is 8.06. The lowest BCUT2D eigenvalue weighted by Gasteiger charge is -2.38. The highest BCUT2D eigenvalue weighted by atomic mass is 32.2. The smallest absolute Gasteiger partial charge is 0.277 e. The summed E-state index contributed by atoms with van der Waals surface area (Å²) in [5.41, 5.74) is 2.09. The lowest BCUT2D eigenvalue weighted by molar-refractivity contribution is 0.216. The van der Waals surface area contributed by atoms with Gasteiger partial charge < -0.3 is 20.1 Å². The van der Waals surface area contributed by atoms with Crippen LogP contribution in [-0.2, 0) is 6.54 Å². The van der Waals surface area contributed by atoms with Crippen molar-refractivity contribution in [3.05, 3.63) is 23.4 Å². The summed E-state index contributed by atoms with van der Waals surface area (Å²) in [6, 6.07) is 2.95. The number of hydrogen-bond acceptors (Lipinski definition) is 5. The number of fused-ring (bicyclic) bond motifs is 2. The Balaban J connectivity index is 1.50. The molecule has 3 heterocycles. The first-order valence-electron chi connectivity index (χ1n) is 10.5. The van der Waals surface area contributed by atoms with E-state index in [1.54, 1.807) is 6.20 Å². The molecule has 6 nitrogen and oxygen atoms in total. The number of ether oxygens (including phenoxy) is 1. The number of nitrogens with zero attached hydrogens (tertiary/aromatic N) is 2. The highest BCUT2D eigenvalue weighted by Crippen LogP contribution is 2.39. The van der Waals surface area contributed by atoms with E-state index in [0.29, 0.717) is 48.1 Å². The van der Waals surface area contributed by atoms with Gasteiger partial charge in [-0.05, 0) is 62.4 Å². The van der Waals surface area contributed by atoms with E-state index >= 15 is 0 Å². The molecule has 7 heteroatoms. The molecule has 1 aromatic heterocycles. The maximum absolute atomic E-state index is 13.5. The SMILES string of the molecule is Cc1c(CN(C(=O)S2=CCC3CCCC2N3)C2CC2)ccnc1OCCCO. The number of rotatable bonds is 7. The molecule has 2 fully saturated rings. The molecule has 3 atom stereocenters. The lowest BCUT2D eigenvalue weighted by atomic mass is 10.0. The van der Waals surface area contributed by atoms with Crippen LogP contribution in [0.15, 0.2) is 12.3 Å². The van der Waals surface area contributed by atoms with E-state index in [4.69, 9.17) is 9.84 Å². The monoisotopic (exact) mass is 405 g/mol. The normalized spacial score (nSPS) is 26.4. The Morgan fingerprint density at radius 2 is 2.25 bits per heavy atom. The average molecular weight is 406 g/mol. The fourth-order valence-electron chi connectivity index (χ4n) is 4.05. The summed E-state index contributed by atoms with van der Waals surface area (Å²) < 4.78 is 5.72. The molecular formula is C21H31N3O3S. The zero-order valence-corrected chi connectivity index (χ0v) is 17.4. The molecule has 1 amide bonds. The van der Waals surface area contributed by atoms with Crippen LogP contribution >= 0.6 is 10.5 Å². The average Bonchev–Trinajstić information content (AvgIpc) is 3.53. The Hall–Kier alpha value is -1.44. The van der Waals surface area contributed by atoms with Crippen molar-refractivity contribution in [1.82, 2.24) is 15.2 Å². The number of carbonyl (C=O) groups is 1. The van der Waals surface area contributed by atoms with E-state index in [0.717, 1.165) is 36.8 Å². The van der Waals surface area contributed by atoms with E-state index in [1.807, 2.05) is 13.0 Å². The van der Waals surface area contributed by atoms with Crippen molar-refractivity contribution >= 4 is 21.1 Å². The van der Waals surface area contributed by atoms with Gasteiger partial charge in [0.15, 0.2) is 0 Å². The van der Waals surface area contributed by atoms with Crippen molar-refractivity contribution in [3.8, 4) is 5.88 Å². The summed E-state index contributed by atoms with van der Waals surface area (Å²) in [5.74, 6) is 0.609. The molecule has 28 heavy (non-hydrogen) atoms. The third kappa shape index (κ3) is 4.42. The van der Waals surface area contributed by atoms with Gasteiger partial charge >= 0.3 is 0 Å². The van der Waals surface area contributed by atoms with Crippen molar-refractivity contribution in [2.24, 2.45) is 0 Å². The van der Waals surface area contributed by atoms with Crippen LogP contribution in [0.2, 0.25) is 0 Å². The van der Waals surface area contributed by atoms with Crippen LogP contribution in [0.1, 0.15) is 56.1 Å². The molecule has 2 N–H and O–H groups in total. The number of aliphatic hydroxyl groups is 1. The molecule has 2 aliphatic heterocycles. The van der Waals surface area contributed by atoms with Gasteiger partial charge in [0.25, 0.3) is 5.24 Å². The Morgan fingerprint density at radius 1 is 1.39 bits per heavy atom. The minimum absolute atomic E-state index is 0.109. The first kappa shape index (κ1) is 19.9. The number of hydrogen-bond donors (Lipinski definition) is 2.